The highest BCUT2D eigenvalue weighted by Gasteiger charge is 1.97. The Morgan fingerprint density at radius 2 is 2.07 bits per heavy atom. The van der Waals surface area contributed by atoms with Gasteiger partial charge in [0.25, 0.3) is 0 Å². The second-order valence-corrected chi connectivity index (χ2v) is 3.78. The van der Waals surface area contributed by atoms with E-state index in [1.807, 2.05) is 12.1 Å². The van der Waals surface area contributed by atoms with Crippen molar-refractivity contribution in [3.8, 4) is 0 Å². The van der Waals surface area contributed by atoms with Crippen molar-refractivity contribution in [3.05, 3.63) is 41.5 Å². The van der Waals surface area contributed by atoms with Gasteiger partial charge in [0.1, 0.15) is 0 Å². The maximum atomic E-state index is 8.80. The van der Waals surface area contributed by atoms with E-state index in [1.54, 1.807) is 0 Å². The van der Waals surface area contributed by atoms with Gasteiger partial charge in [-0.1, -0.05) is 36.4 Å². The Balaban J connectivity index is 2.67. The number of rotatable bonds is 6. The molecule has 1 aromatic rings. The first-order chi connectivity index (χ1) is 7.38. The van der Waals surface area contributed by atoms with Crippen LogP contribution in [0.15, 0.2) is 30.3 Å². The highest BCUT2D eigenvalue weighted by Crippen LogP contribution is 2.13. The molecular formula is C13H17ClO. The van der Waals surface area contributed by atoms with E-state index in [2.05, 4.69) is 24.3 Å². The van der Waals surface area contributed by atoms with E-state index in [0.29, 0.717) is 5.88 Å². The predicted molar refractivity (Wildman–Crippen MR) is 66.2 cm³/mol. The first-order valence-corrected chi connectivity index (χ1v) is 5.83. The molecular weight excluding hydrogens is 208 g/mol. The second-order valence-electron chi connectivity index (χ2n) is 3.41. The standard InChI is InChI=1S/C13H17ClO/c14-10-4-3-8-12-6-1-2-7-13(12)9-5-11-15/h1-3,6-8,15H,4-5,9-11H2. The third-order valence-electron chi connectivity index (χ3n) is 2.23. The van der Waals surface area contributed by atoms with Crippen LogP contribution in [0.3, 0.4) is 0 Å². The predicted octanol–water partition coefficient (Wildman–Crippen LogP) is 3.25. The molecule has 0 bridgehead atoms. The molecule has 0 radical (unpaired) electrons. The van der Waals surface area contributed by atoms with E-state index in [-0.39, 0.29) is 6.61 Å². The van der Waals surface area contributed by atoms with Gasteiger partial charge >= 0.3 is 0 Å². The van der Waals surface area contributed by atoms with Gasteiger partial charge in [-0.2, -0.15) is 0 Å². The third-order valence-corrected chi connectivity index (χ3v) is 2.45. The van der Waals surface area contributed by atoms with Crippen LogP contribution in [0.2, 0.25) is 0 Å². The number of aliphatic hydroxyl groups excluding tert-OH is 1. The molecule has 0 aliphatic carbocycles. The fourth-order valence-corrected chi connectivity index (χ4v) is 1.59. The number of aliphatic hydroxyl groups is 1. The van der Waals surface area contributed by atoms with Crippen molar-refractivity contribution in [2.75, 3.05) is 12.5 Å². The molecule has 82 valence electrons. The monoisotopic (exact) mass is 224 g/mol. The minimum atomic E-state index is 0.250. The van der Waals surface area contributed by atoms with Crippen molar-refractivity contribution in [3.63, 3.8) is 0 Å². The largest absolute Gasteiger partial charge is 0.396 e. The van der Waals surface area contributed by atoms with Gasteiger partial charge in [0.15, 0.2) is 0 Å². The summed E-state index contributed by atoms with van der Waals surface area (Å²) in [5.74, 6) is 0.662. The quantitative estimate of drug-likeness (QED) is 0.736. The van der Waals surface area contributed by atoms with Crippen LogP contribution in [0, 0.1) is 0 Å². The topological polar surface area (TPSA) is 20.2 Å². The SMILES string of the molecule is OCCCc1ccccc1C=CCCCl. The van der Waals surface area contributed by atoms with Crippen molar-refractivity contribution in [2.45, 2.75) is 19.3 Å². The maximum absolute atomic E-state index is 8.80. The maximum Gasteiger partial charge on any atom is 0.0434 e. The van der Waals surface area contributed by atoms with E-state index in [1.165, 1.54) is 11.1 Å². The van der Waals surface area contributed by atoms with Gasteiger partial charge < -0.3 is 5.11 Å². The Bertz CT molecular complexity index is 307. The van der Waals surface area contributed by atoms with E-state index in [0.717, 1.165) is 19.3 Å². The molecule has 0 aliphatic heterocycles. The van der Waals surface area contributed by atoms with E-state index >= 15 is 0 Å². The molecule has 1 aromatic carbocycles. The highest BCUT2D eigenvalue weighted by atomic mass is 35.5. The van der Waals surface area contributed by atoms with Crippen molar-refractivity contribution >= 4 is 17.7 Å². The summed E-state index contributed by atoms with van der Waals surface area (Å²) in [6.07, 6.45) is 6.84. The first-order valence-electron chi connectivity index (χ1n) is 5.29. The second kappa shape index (κ2) is 7.49. The number of allylic oxidation sites excluding steroid dienone is 1. The molecule has 0 saturated carbocycles. The molecule has 0 heterocycles. The van der Waals surface area contributed by atoms with Crippen molar-refractivity contribution in [2.24, 2.45) is 0 Å². The Morgan fingerprint density at radius 1 is 1.27 bits per heavy atom. The van der Waals surface area contributed by atoms with Crippen LogP contribution in [0.1, 0.15) is 24.0 Å². The van der Waals surface area contributed by atoms with Crippen LogP contribution in [-0.4, -0.2) is 17.6 Å². The molecule has 0 fully saturated rings. The first kappa shape index (κ1) is 12.3. The summed E-state index contributed by atoms with van der Waals surface area (Å²) in [4.78, 5) is 0. The summed E-state index contributed by atoms with van der Waals surface area (Å²) in [7, 11) is 0. The number of hydrogen-bond donors (Lipinski definition) is 1. The molecule has 0 saturated heterocycles. The molecule has 0 aromatic heterocycles. The van der Waals surface area contributed by atoms with Gasteiger partial charge in [-0.25, -0.2) is 0 Å². The Labute approximate surface area is 96.4 Å². The summed E-state index contributed by atoms with van der Waals surface area (Å²) in [6, 6.07) is 8.27. The molecule has 2 heteroatoms. The number of hydrogen-bond acceptors (Lipinski definition) is 1. The van der Waals surface area contributed by atoms with Crippen LogP contribution >= 0.6 is 11.6 Å². The lowest BCUT2D eigenvalue weighted by molar-refractivity contribution is 0.288. The molecule has 0 atom stereocenters. The highest BCUT2D eigenvalue weighted by molar-refractivity contribution is 6.17. The summed E-state index contributed by atoms with van der Waals surface area (Å²) in [6.45, 7) is 0.250. The average molecular weight is 225 g/mol. The van der Waals surface area contributed by atoms with Gasteiger partial charge in [0.2, 0.25) is 0 Å². The van der Waals surface area contributed by atoms with Gasteiger partial charge in [0, 0.05) is 12.5 Å². The van der Waals surface area contributed by atoms with Gasteiger partial charge in [-0.15, -0.1) is 11.6 Å². The van der Waals surface area contributed by atoms with Gasteiger partial charge in [-0.05, 0) is 30.4 Å². The number of aryl methyl sites for hydroxylation is 1. The normalized spacial score (nSPS) is 11.1. The molecule has 1 nitrogen and oxygen atoms in total. The Hall–Kier alpha value is -0.790. The summed E-state index contributed by atoms with van der Waals surface area (Å²) in [5.41, 5.74) is 2.52. The van der Waals surface area contributed by atoms with Crippen LogP contribution in [0.5, 0.6) is 0 Å². The zero-order chi connectivity index (χ0) is 10.9. The smallest absolute Gasteiger partial charge is 0.0434 e. The minimum absolute atomic E-state index is 0.250. The van der Waals surface area contributed by atoms with Crippen LogP contribution in [0.25, 0.3) is 6.08 Å². The number of alkyl halides is 1. The summed E-state index contributed by atoms with van der Waals surface area (Å²) in [5, 5.41) is 8.80. The average Bonchev–Trinajstić information content (AvgIpc) is 2.28. The van der Waals surface area contributed by atoms with Crippen LogP contribution in [-0.2, 0) is 6.42 Å². The van der Waals surface area contributed by atoms with Crippen molar-refractivity contribution in [1.82, 2.24) is 0 Å². The van der Waals surface area contributed by atoms with E-state index in [4.69, 9.17) is 16.7 Å². The fraction of sp³-hybridized carbons (Fsp3) is 0.385. The molecule has 15 heavy (non-hydrogen) atoms. The van der Waals surface area contributed by atoms with Crippen LogP contribution < -0.4 is 0 Å². The zero-order valence-electron chi connectivity index (χ0n) is 8.82. The van der Waals surface area contributed by atoms with E-state index < -0.39 is 0 Å². The van der Waals surface area contributed by atoms with Crippen molar-refractivity contribution < 1.29 is 5.11 Å². The lowest BCUT2D eigenvalue weighted by atomic mass is 10.0. The van der Waals surface area contributed by atoms with Crippen LogP contribution in [0.4, 0.5) is 0 Å². The van der Waals surface area contributed by atoms with Gasteiger partial charge in [-0.3, -0.25) is 0 Å². The Kier molecular flexibility index (Phi) is 6.14. The third kappa shape index (κ3) is 4.50. The number of benzene rings is 1. The number of halogens is 1. The summed E-state index contributed by atoms with van der Waals surface area (Å²) < 4.78 is 0. The molecule has 1 rings (SSSR count). The molecule has 0 unspecified atom stereocenters. The minimum Gasteiger partial charge on any atom is -0.396 e. The lowest BCUT2D eigenvalue weighted by Crippen LogP contribution is -1.92. The summed E-state index contributed by atoms with van der Waals surface area (Å²) >= 11 is 5.61. The zero-order valence-corrected chi connectivity index (χ0v) is 9.58. The fourth-order valence-electron chi connectivity index (χ4n) is 1.47. The lowest BCUT2D eigenvalue weighted by Gasteiger charge is -2.04. The van der Waals surface area contributed by atoms with Gasteiger partial charge in [0.05, 0.1) is 0 Å². The molecule has 0 amide bonds. The van der Waals surface area contributed by atoms with Crippen molar-refractivity contribution in [1.29, 1.82) is 0 Å². The molecule has 0 aliphatic rings. The molecule has 0 spiro atoms. The van der Waals surface area contributed by atoms with E-state index in [9.17, 15) is 0 Å². The molecule has 1 N–H and O–H groups in total. The Morgan fingerprint density at radius 3 is 2.80 bits per heavy atom.